The predicted molar refractivity (Wildman–Crippen MR) is 136 cm³/mol. The minimum absolute atomic E-state index is 0.168. The molecule has 2 aromatic carbocycles. The Hall–Kier alpha value is -4.06. The van der Waals surface area contributed by atoms with E-state index in [4.69, 9.17) is 5.26 Å². The molecule has 9 heteroatoms. The molecule has 1 aliphatic heterocycles. The summed E-state index contributed by atoms with van der Waals surface area (Å²) in [5.41, 5.74) is 2.65. The van der Waals surface area contributed by atoms with Gasteiger partial charge in [0.1, 0.15) is 5.82 Å². The zero-order valence-corrected chi connectivity index (χ0v) is 19.9. The molecule has 0 spiro atoms. The standard InChI is InChI=1S/C27H27F3N6/c1-19-5-3-15-36(16-4-6-19)24-10-9-22(18-23(24)27(28,29)30)34-26-32-14-12-25(35-26)33-21-8-2-7-20(17-21)11-13-31/h2,5,7-10,12,14,17-18H,3-4,6,11,15-16H2,1H3,(H2,32,33,34,35). The van der Waals surface area contributed by atoms with Gasteiger partial charge in [0, 0.05) is 36.3 Å². The molecule has 36 heavy (non-hydrogen) atoms. The molecule has 0 fully saturated rings. The molecule has 2 heterocycles. The van der Waals surface area contributed by atoms with Crippen LogP contribution in [0.25, 0.3) is 0 Å². The summed E-state index contributed by atoms with van der Waals surface area (Å²) in [6.07, 6.45) is 1.83. The number of nitriles is 1. The smallest absolute Gasteiger partial charge is 0.371 e. The van der Waals surface area contributed by atoms with Gasteiger partial charge < -0.3 is 15.5 Å². The lowest BCUT2D eigenvalue weighted by molar-refractivity contribution is -0.137. The predicted octanol–water partition coefficient (Wildman–Crippen LogP) is 6.99. The number of alkyl halides is 3. The van der Waals surface area contributed by atoms with Crippen molar-refractivity contribution >= 4 is 28.8 Å². The van der Waals surface area contributed by atoms with Gasteiger partial charge in [0.2, 0.25) is 5.95 Å². The van der Waals surface area contributed by atoms with Crippen LogP contribution >= 0.6 is 0 Å². The number of rotatable bonds is 6. The number of allylic oxidation sites excluding steroid dienone is 1. The maximum Gasteiger partial charge on any atom is 0.418 e. The Morgan fingerprint density at radius 2 is 1.89 bits per heavy atom. The first-order chi connectivity index (χ1) is 17.3. The summed E-state index contributed by atoms with van der Waals surface area (Å²) in [5, 5.41) is 14.9. The molecule has 0 unspecified atom stereocenters. The number of aromatic nitrogens is 2. The second-order valence-electron chi connectivity index (χ2n) is 8.71. The van der Waals surface area contributed by atoms with E-state index in [-0.39, 0.29) is 23.7 Å². The van der Waals surface area contributed by atoms with E-state index in [1.165, 1.54) is 17.8 Å². The van der Waals surface area contributed by atoms with Gasteiger partial charge in [0.15, 0.2) is 0 Å². The van der Waals surface area contributed by atoms with Crippen molar-refractivity contribution in [3.8, 4) is 6.07 Å². The second-order valence-corrected chi connectivity index (χ2v) is 8.71. The highest BCUT2D eigenvalue weighted by atomic mass is 19.4. The van der Waals surface area contributed by atoms with Crippen molar-refractivity contribution in [3.63, 3.8) is 0 Å². The fourth-order valence-electron chi connectivity index (χ4n) is 4.20. The number of hydrogen-bond acceptors (Lipinski definition) is 6. The number of nitrogens with zero attached hydrogens (tertiary/aromatic N) is 4. The van der Waals surface area contributed by atoms with Gasteiger partial charge >= 0.3 is 6.18 Å². The van der Waals surface area contributed by atoms with Crippen molar-refractivity contribution in [2.45, 2.75) is 38.8 Å². The molecule has 2 N–H and O–H groups in total. The minimum atomic E-state index is -4.50. The summed E-state index contributed by atoms with van der Waals surface area (Å²) in [6, 6.07) is 15.4. The van der Waals surface area contributed by atoms with E-state index in [9.17, 15) is 13.2 Å². The Morgan fingerprint density at radius 1 is 1.06 bits per heavy atom. The molecule has 1 aliphatic rings. The van der Waals surface area contributed by atoms with Crippen molar-refractivity contribution in [1.29, 1.82) is 5.26 Å². The van der Waals surface area contributed by atoms with Gasteiger partial charge in [0.25, 0.3) is 0 Å². The topological polar surface area (TPSA) is 76.9 Å². The van der Waals surface area contributed by atoms with Crippen LogP contribution in [0.4, 0.5) is 42.0 Å². The van der Waals surface area contributed by atoms with Crippen LogP contribution in [0.1, 0.15) is 37.3 Å². The molecular formula is C27H27F3N6. The van der Waals surface area contributed by atoms with E-state index in [1.807, 2.05) is 29.2 Å². The Kier molecular flexibility index (Phi) is 7.74. The molecule has 0 amide bonds. The molecule has 1 aromatic heterocycles. The van der Waals surface area contributed by atoms with Crippen LogP contribution in [-0.2, 0) is 12.6 Å². The van der Waals surface area contributed by atoms with Crippen molar-refractivity contribution in [3.05, 3.63) is 77.5 Å². The fraction of sp³-hybridized carbons (Fsp3) is 0.296. The first-order valence-corrected chi connectivity index (χ1v) is 11.8. The lowest BCUT2D eigenvalue weighted by atomic mass is 10.1. The number of nitrogens with one attached hydrogen (secondary N) is 2. The SMILES string of the molecule is CC1=CCCN(c2ccc(Nc3nccc(Nc4cccc(CC#N)c4)n3)cc2C(F)(F)F)CCC1. The van der Waals surface area contributed by atoms with E-state index in [0.29, 0.717) is 18.9 Å². The summed E-state index contributed by atoms with van der Waals surface area (Å²) in [7, 11) is 0. The zero-order valence-electron chi connectivity index (χ0n) is 19.9. The van der Waals surface area contributed by atoms with Crippen molar-refractivity contribution in [1.82, 2.24) is 9.97 Å². The summed E-state index contributed by atoms with van der Waals surface area (Å²) in [6.45, 7) is 3.18. The van der Waals surface area contributed by atoms with Crippen LogP contribution in [0, 0.1) is 11.3 Å². The third kappa shape index (κ3) is 6.54. The molecule has 186 valence electrons. The van der Waals surface area contributed by atoms with Gasteiger partial charge in [-0.25, -0.2) is 4.98 Å². The number of halogens is 3. The van der Waals surface area contributed by atoms with Crippen LogP contribution in [0.3, 0.4) is 0 Å². The van der Waals surface area contributed by atoms with Gasteiger partial charge in [-0.2, -0.15) is 23.4 Å². The fourth-order valence-corrected chi connectivity index (χ4v) is 4.20. The van der Waals surface area contributed by atoms with Gasteiger partial charge in [-0.3, -0.25) is 0 Å². The third-order valence-corrected chi connectivity index (χ3v) is 5.93. The van der Waals surface area contributed by atoms with Gasteiger partial charge in [-0.1, -0.05) is 23.8 Å². The van der Waals surface area contributed by atoms with Gasteiger partial charge in [-0.05, 0) is 68.1 Å². The molecule has 0 aliphatic carbocycles. The van der Waals surface area contributed by atoms with Crippen LogP contribution in [-0.4, -0.2) is 23.1 Å². The highest BCUT2D eigenvalue weighted by Crippen LogP contribution is 2.39. The highest BCUT2D eigenvalue weighted by Gasteiger charge is 2.35. The Bertz CT molecular complexity index is 1280. The molecule has 0 radical (unpaired) electrons. The summed E-state index contributed by atoms with van der Waals surface area (Å²) in [4.78, 5) is 10.3. The van der Waals surface area contributed by atoms with E-state index in [1.54, 1.807) is 12.1 Å². The molecule has 0 saturated heterocycles. The largest absolute Gasteiger partial charge is 0.418 e. The number of benzene rings is 2. The maximum atomic E-state index is 14.0. The van der Waals surface area contributed by atoms with Crippen LogP contribution in [0.15, 0.2) is 66.4 Å². The molecule has 0 atom stereocenters. The number of anilines is 5. The molecule has 0 saturated carbocycles. The quantitative estimate of drug-likeness (QED) is 0.361. The van der Waals surface area contributed by atoms with Crippen molar-refractivity contribution in [2.24, 2.45) is 0 Å². The van der Waals surface area contributed by atoms with Crippen LogP contribution < -0.4 is 15.5 Å². The monoisotopic (exact) mass is 492 g/mol. The Labute approximate surface area is 208 Å². The Balaban J connectivity index is 1.54. The molecule has 0 bridgehead atoms. The molecule has 4 rings (SSSR count). The van der Waals surface area contributed by atoms with Gasteiger partial charge in [0.05, 0.1) is 18.1 Å². The second kappa shape index (κ2) is 11.1. The molecule has 6 nitrogen and oxygen atoms in total. The average molecular weight is 493 g/mol. The summed E-state index contributed by atoms with van der Waals surface area (Å²) >= 11 is 0. The van der Waals surface area contributed by atoms with E-state index < -0.39 is 11.7 Å². The lowest BCUT2D eigenvalue weighted by Crippen LogP contribution is -2.29. The summed E-state index contributed by atoms with van der Waals surface area (Å²) < 4.78 is 42.1. The highest BCUT2D eigenvalue weighted by molar-refractivity contribution is 5.66. The lowest BCUT2D eigenvalue weighted by Gasteiger charge is -2.29. The van der Waals surface area contributed by atoms with Crippen LogP contribution in [0.5, 0.6) is 0 Å². The third-order valence-electron chi connectivity index (χ3n) is 5.93. The zero-order chi connectivity index (χ0) is 25.5. The number of hydrogen-bond donors (Lipinski definition) is 2. The van der Waals surface area contributed by atoms with E-state index in [2.05, 4.69) is 39.7 Å². The minimum Gasteiger partial charge on any atom is -0.371 e. The van der Waals surface area contributed by atoms with Gasteiger partial charge in [-0.15, -0.1) is 0 Å². The van der Waals surface area contributed by atoms with E-state index in [0.717, 1.165) is 36.6 Å². The van der Waals surface area contributed by atoms with Crippen LogP contribution in [0.2, 0.25) is 0 Å². The average Bonchev–Trinajstić information content (AvgIpc) is 2.82. The Morgan fingerprint density at radius 3 is 2.69 bits per heavy atom. The molecular weight excluding hydrogens is 465 g/mol. The maximum absolute atomic E-state index is 14.0. The molecule has 3 aromatic rings. The summed E-state index contributed by atoms with van der Waals surface area (Å²) in [5.74, 6) is 0.638. The van der Waals surface area contributed by atoms with Crippen molar-refractivity contribution in [2.75, 3.05) is 28.6 Å². The first-order valence-electron chi connectivity index (χ1n) is 11.8. The van der Waals surface area contributed by atoms with E-state index >= 15 is 0 Å². The van der Waals surface area contributed by atoms with Crippen molar-refractivity contribution < 1.29 is 13.2 Å². The first kappa shape index (κ1) is 25.0. The normalized spacial score (nSPS) is 14.3.